The Balaban J connectivity index is 2.81. The van der Waals surface area contributed by atoms with Crippen molar-refractivity contribution < 1.29 is 26.3 Å². The molecule has 0 saturated heterocycles. The number of halogens is 6. The van der Waals surface area contributed by atoms with E-state index >= 15 is 0 Å². The van der Waals surface area contributed by atoms with Crippen LogP contribution in [0.3, 0.4) is 0 Å². The maximum absolute atomic E-state index is 12.6. The second kappa shape index (κ2) is 3.82. The van der Waals surface area contributed by atoms with E-state index in [0.717, 1.165) is 12.1 Å². The van der Waals surface area contributed by atoms with Gasteiger partial charge in [-0.15, -0.1) is 0 Å². The van der Waals surface area contributed by atoms with Gasteiger partial charge in [0.15, 0.2) is 5.69 Å². The summed E-state index contributed by atoms with van der Waals surface area (Å²) in [6, 6.07) is 4.67. The second-order valence-corrected chi connectivity index (χ2v) is 3.41. The number of hydrogen-bond donors (Lipinski definition) is 0. The van der Waals surface area contributed by atoms with E-state index in [0.29, 0.717) is 0 Å². The third-order valence-electron chi connectivity index (χ3n) is 2.13. The number of benzene rings is 1. The predicted octanol–water partition coefficient (Wildman–Crippen LogP) is 3.67. The number of fused-ring (bicyclic) bond motifs is 1. The van der Waals surface area contributed by atoms with E-state index in [1.54, 1.807) is 0 Å². The Labute approximate surface area is 96.3 Å². The molecule has 1 aromatic heterocycles. The van der Waals surface area contributed by atoms with Gasteiger partial charge in [-0.05, 0) is 6.07 Å². The van der Waals surface area contributed by atoms with Crippen LogP contribution in [0.5, 0.6) is 0 Å². The van der Waals surface area contributed by atoms with Gasteiger partial charge in [0.2, 0.25) is 5.82 Å². The van der Waals surface area contributed by atoms with Crippen molar-refractivity contribution in [2.75, 3.05) is 0 Å². The summed E-state index contributed by atoms with van der Waals surface area (Å²) in [5.74, 6) is -1.80. The summed E-state index contributed by atoms with van der Waals surface area (Å²) in [4.78, 5) is 5.67. The highest BCUT2D eigenvalue weighted by molar-refractivity contribution is 5.81. The van der Waals surface area contributed by atoms with Crippen molar-refractivity contribution in [2.24, 2.45) is 0 Å². The fraction of sp³-hybridized carbons (Fsp3) is 0.200. The minimum absolute atomic E-state index is 0.396. The Morgan fingerprint density at radius 1 is 0.778 bits per heavy atom. The quantitative estimate of drug-likeness (QED) is 0.680. The van der Waals surface area contributed by atoms with Gasteiger partial charge in [0.1, 0.15) is 0 Å². The van der Waals surface area contributed by atoms with E-state index < -0.39 is 34.8 Å². The van der Waals surface area contributed by atoms with Gasteiger partial charge in [-0.2, -0.15) is 26.3 Å². The van der Waals surface area contributed by atoms with Gasteiger partial charge in [-0.1, -0.05) is 18.2 Å². The van der Waals surface area contributed by atoms with Crippen molar-refractivity contribution in [3.8, 4) is 0 Å². The van der Waals surface area contributed by atoms with Crippen molar-refractivity contribution in [1.82, 2.24) is 9.97 Å². The number of alkyl halides is 6. The molecule has 0 aliphatic rings. The van der Waals surface area contributed by atoms with Crippen molar-refractivity contribution >= 4 is 10.9 Å². The van der Waals surface area contributed by atoms with Gasteiger partial charge in [0.25, 0.3) is 0 Å². The predicted molar refractivity (Wildman–Crippen MR) is 49.5 cm³/mol. The van der Waals surface area contributed by atoms with E-state index in [-0.39, 0.29) is 0 Å². The van der Waals surface area contributed by atoms with Crippen LogP contribution in [0.2, 0.25) is 0 Å². The zero-order valence-electron chi connectivity index (χ0n) is 8.47. The molecule has 0 aliphatic carbocycles. The molecule has 0 radical (unpaired) electrons. The highest BCUT2D eigenvalue weighted by Gasteiger charge is 2.41. The van der Waals surface area contributed by atoms with Gasteiger partial charge >= 0.3 is 12.4 Å². The summed E-state index contributed by atoms with van der Waals surface area (Å²) in [5.41, 5.74) is -1.98. The number of nitrogens with zero attached hydrogens (tertiary/aromatic N) is 2. The Morgan fingerprint density at radius 2 is 1.39 bits per heavy atom. The molecule has 0 saturated carbocycles. The topological polar surface area (TPSA) is 25.8 Å². The van der Waals surface area contributed by atoms with E-state index in [1.165, 1.54) is 12.1 Å². The molecule has 2 rings (SSSR count). The molecule has 0 amide bonds. The fourth-order valence-corrected chi connectivity index (χ4v) is 1.42. The maximum atomic E-state index is 12.6. The van der Waals surface area contributed by atoms with Crippen LogP contribution in [0, 0.1) is 0 Å². The SMILES string of the molecule is FC(F)(F)c1nc(C(F)(F)F)c2ccccc2n1. The fourth-order valence-electron chi connectivity index (χ4n) is 1.42. The average molecular weight is 266 g/mol. The molecule has 2 aromatic rings. The molecular weight excluding hydrogens is 262 g/mol. The lowest BCUT2D eigenvalue weighted by molar-refractivity contribution is -0.151. The normalized spacial score (nSPS) is 13.0. The molecule has 0 atom stereocenters. The van der Waals surface area contributed by atoms with Gasteiger partial charge in [-0.25, -0.2) is 9.97 Å². The molecular formula is C10H4F6N2. The first-order valence-corrected chi connectivity index (χ1v) is 4.61. The summed E-state index contributed by atoms with van der Waals surface area (Å²) in [7, 11) is 0. The van der Waals surface area contributed by atoms with Gasteiger partial charge in [0, 0.05) is 5.39 Å². The highest BCUT2D eigenvalue weighted by atomic mass is 19.4. The zero-order valence-corrected chi connectivity index (χ0v) is 8.47. The van der Waals surface area contributed by atoms with Crippen LogP contribution in [0.25, 0.3) is 10.9 Å². The van der Waals surface area contributed by atoms with Crippen molar-refractivity contribution in [3.63, 3.8) is 0 Å². The summed E-state index contributed by atoms with van der Waals surface area (Å²) in [5, 5.41) is -0.460. The summed E-state index contributed by atoms with van der Waals surface area (Å²) >= 11 is 0. The molecule has 0 N–H and O–H groups in total. The minimum Gasteiger partial charge on any atom is -0.224 e. The minimum atomic E-state index is -5.02. The zero-order chi connectivity index (χ0) is 13.6. The molecule has 0 bridgehead atoms. The van der Waals surface area contributed by atoms with Crippen molar-refractivity contribution in [1.29, 1.82) is 0 Å². The van der Waals surface area contributed by atoms with Crippen LogP contribution in [0.1, 0.15) is 11.5 Å². The third kappa shape index (κ3) is 2.22. The van der Waals surface area contributed by atoms with Gasteiger partial charge in [-0.3, -0.25) is 0 Å². The second-order valence-electron chi connectivity index (χ2n) is 3.41. The van der Waals surface area contributed by atoms with E-state index in [1.807, 2.05) is 0 Å². The summed E-state index contributed by atoms with van der Waals surface area (Å²) in [6.45, 7) is 0. The molecule has 0 spiro atoms. The van der Waals surface area contributed by atoms with Crippen LogP contribution in [-0.4, -0.2) is 9.97 Å². The smallest absolute Gasteiger partial charge is 0.224 e. The molecule has 0 unspecified atom stereocenters. The van der Waals surface area contributed by atoms with E-state index in [2.05, 4.69) is 9.97 Å². The first-order chi connectivity index (χ1) is 8.19. The van der Waals surface area contributed by atoms with E-state index in [9.17, 15) is 26.3 Å². The molecule has 1 heterocycles. The van der Waals surface area contributed by atoms with Gasteiger partial charge < -0.3 is 0 Å². The lowest BCUT2D eigenvalue weighted by Gasteiger charge is -2.12. The number of rotatable bonds is 0. The molecule has 0 aliphatic heterocycles. The summed E-state index contributed by atoms with van der Waals surface area (Å²) < 4.78 is 75.1. The van der Waals surface area contributed by atoms with Crippen LogP contribution < -0.4 is 0 Å². The Hall–Kier alpha value is -1.86. The first-order valence-electron chi connectivity index (χ1n) is 4.61. The van der Waals surface area contributed by atoms with Crippen LogP contribution in [0.15, 0.2) is 24.3 Å². The number of aromatic nitrogens is 2. The standard InChI is InChI=1S/C10H4F6N2/c11-9(12,13)7-5-3-1-2-4-6(5)17-8(18-7)10(14,15)16/h1-4H. The third-order valence-corrected chi connectivity index (χ3v) is 2.13. The number of para-hydroxylation sites is 1. The molecule has 2 nitrogen and oxygen atoms in total. The molecule has 0 fully saturated rings. The first kappa shape index (κ1) is 12.6. The lowest BCUT2D eigenvalue weighted by atomic mass is 10.2. The maximum Gasteiger partial charge on any atom is 0.451 e. The molecule has 1 aromatic carbocycles. The van der Waals surface area contributed by atoms with Crippen LogP contribution in [0.4, 0.5) is 26.3 Å². The molecule has 96 valence electrons. The average Bonchev–Trinajstić information content (AvgIpc) is 2.25. The monoisotopic (exact) mass is 266 g/mol. The van der Waals surface area contributed by atoms with Crippen LogP contribution >= 0.6 is 0 Å². The lowest BCUT2D eigenvalue weighted by Crippen LogP contribution is -2.17. The Morgan fingerprint density at radius 3 is 1.94 bits per heavy atom. The summed E-state index contributed by atoms with van der Waals surface area (Å²) in [6.07, 6.45) is -9.99. The number of hydrogen-bond acceptors (Lipinski definition) is 2. The van der Waals surface area contributed by atoms with E-state index in [4.69, 9.17) is 0 Å². The van der Waals surface area contributed by atoms with Gasteiger partial charge in [0.05, 0.1) is 5.52 Å². The molecule has 18 heavy (non-hydrogen) atoms. The van der Waals surface area contributed by atoms with Crippen molar-refractivity contribution in [2.45, 2.75) is 12.4 Å². The Kier molecular flexibility index (Phi) is 2.67. The van der Waals surface area contributed by atoms with Crippen molar-refractivity contribution in [3.05, 3.63) is 35.8 Å². The van der Waals surface area contributed by atoms with Crippen LogP contribution in [-0.2, 0) is 12.4 Å². The Bertz CT molecular complexity index is 587. The molecule has 8 heteroatoms. The highest BCUT2D eigenvalue weighted by Crippen LogP contribution is 2.35. The largest absolute Gasteiger partial charge is 0.451 e.